The van der Waals surface area contributed by atoms with Crippen LogP contribution >= 0.6 is 38.5 Å². The van der Waals surface area contributed by atoms with Crippen molar-refractivity contribution in [1.82, 2.24) is 0 Å². The summed E-state index contributed by atoms with van der Waals surface area (Å²) in [6.45, 7) is 2.11. The van der Waals surface area contributed by atoms with Gasteiger partial charge in [-0.2, -0.15) is 0 Å². The molecule has 0 radical (unpaired) electrons. The van der Waals surface area contributed by atoms with E-state index in [9.17, 15) is 0 Å². The summed E-state index contributed by atoms with van der Waals surface area (Å²) < 4.78 is 1.27. The molecule has 2 rings (SSSR count). The molecule has 2 aromatic carbocycles. The number of halogens is 2. The van der Waals surface area contributed by atoms with Crippen LogP contribution in [-0.4, -0.2) is 0 Å². The van der Waals surface area contributed by atoms with Crippen LogP contribution in [0.2, 0.25) is 0 Å². The minimum Gasteiger partial charge on any atom is -0.0786 e. The van der Waals surface area contributed by atoms with E-state index in [1.165, 1.54) is 20.3 Å². The number of aryl methyl sites for hydroxylation is 1. The highest BCUT2D eigenvalue weighted by atomic mass is 127. The lowest BCUT2D eigenvalue weighted by molar-refractivity contribution is 1.17. The molecule has 16 heavy (non-hydrogen) atoms. The van der Waals surface area contributed by atoms with E-state index in [1.54, 1.807) is 0 Å². The first-order valence-electron chi connectivity index (χ1n) is 5.13. The summed E-state index contributed by atoms with van der Waals surface area (Å²) in [5, 5.41) is 0. The monoisotopic (exact) mass is 386 g/mol. The molecule has 0 heterocycles. The van der Waals surface area contributed by atoms with Crippen LogP contribution in [-0.2, 0) is 0 Å². The maximum absolute atomic E-state index is 3.74. The van der Waals surface area contributed by atoms with Gasteiger partial charge in [-0.25, -0.2) is 0 Å². The van der Waals surface area contributed by atoms with Gasteiger partial charge in [0.15, 0.2) is 0 Å². The number of hydrogen-bond acceptors (Lipinski definition) is 0. The van der Waals surface area contributed by atoms with Crippen LogP contribution in [0.15, 0.2) is 48.5 Å². The van der Waals surface area contributed by atoms with Crippen molar-refractivity contribution >= 4 is 38.5 Å². The molecule has 0 saturated carbocycles. The highest BCUT2D eigenvalue weighted by Gasteiger charge is 2.09. The number of hydrogen-bond donors (Lipinski definition) is 0. The van der Waals surface area contributed by atoms with Gasteiger partial charge in [0.1, 0.15) is 0 Å². The largest absolute Gasteiger partial charge is 0.0786 e. The zero-order chi connectivity index (χ0) is 11.5. The van der Waals surface area contributed by atoms with Gasteiger partial charge in [0, 0.05) is 3.57 Å². The zero-order valence-corrected chi connectivity index (χ0v) is 12.7. The van der Waals surface area contributed by atoms with Gasteiger partial charge in [-0.1, -0.05) is 57.9 Å². The first-order valence-corrected chi connectivity index (χ1v) is 7.12. The SMILES string of the molecule is Cc1ccc(C(Br)c2ccc(I)cc2)cc1. The number of rotatable bonds is 2. The van der Waals surface area contributed by atoms with Crippen LogP contribution in [0, 0.1) is 10.5 Å². The standard InChI is InChI=1S/C14H12BrI/c1-10-2-4-11(5-3-10)14(15)12-6-8-13(16)9-7-12/h2-9,14H,1H3. The van der Waals surface area contributed by atoms with Crippen molar-refractivity contribution in [2.75, 3.05) is 0 Å². The molecule has 1 unspecified atom stereocenters. The first-order chi connectivity index (χ1) is 7.66. The Labute approximate surface area is 118 Å². The van der Waals surface area contributed by atoms with Crippen LogP contribution < -0.4 is 0 Å². The Balaban J connectivity index is 2.28. The van der Waals surface area contributed by atoms with Crippen molar-refractivity contribution in [3.8, 4) is 0 Å². The van der Waals surface area contributed by atoms with E-state index in [0.717, 1.165) is 0 Å². The molecule has 0 amide bonds. The fraction of sp³-hybridized carbons (Fsp3) is 0.143. The highest BCUT2D eigenvalue weighted by molar-refractivity contribution is 14.1. The predicted molar refractivity (Wildman–Crippen MR) is 81.1 cm³/mol. The number of alkyl halides is 1. The van der Waals surface area contributed by atoms with Crippen molar-refractivity contribution < 1.29 is 0 Å². The molecule has 82 valence electrons. The van der Waals surface area contributed by atoms with Gasteiger partial charge in [-0.05, 0) is 52.8 Å². The molecule has 0 fully saturated rings. The molecule has 0 nitrogen and oxygen atoms in total. The van der Waals surface area contributed by atoms with Crippen molar-refractivity contribution in [2.24, 2.45) is 0 Å². The Morgan fingerprint density at radius 2 is 1.31 bits per heavy atom. The Morgan fingerprint density at radius 3 is 1.81 bits per heavy atom. The Morgan fingerprint density at radius 1 is 0.875 bits per heavy atom. The predicted octanol–water partition coefficient (Wildman–Crippen LogP) is 5.08. The smallest absolute Gasteiger partial charge is 0.0644 e. The highest BCUT2D eigenvalue weighted by Crippen LogP contribution is 2.30. The van der Waals surface area contributed by atoms with E-state index in [2.05, 4.69) is 94.0 Å². The molecule has 2 heteroatoms. The van der Waals surface area contributed by atoms with Crippen LogP contribution in [0.25, 0.3) is 0 Å². The van der Waals surface area contributed by atoms with E-state index in [0.29, 0.717) is 0 Å². The van der Waals surface area contributed by atoms with E-state index in [1.807, 2.05) is 0 Å². The molecule has 2 aromatic rings. The van der Waals surface area contributed by atoms with Crippen molar-refractivity contribution in [2.45, 2.75) is 11.8 Å². The molecule has 0 aliphatic carbocycles. The van der Waals surface area contributed by atoms with Crippen LogP contribution in [0.4, 0.5) is 0 Å². The average Bonchev–Trinajstić information content (AvgIpc) is 2.30. The second kappa shape index (κ2) is 5.32. The molecule has 0 spiro atoms. The van der Waals surface area contributed by atoms with Crippen LogP contribution in [0.5, 0.6) is 0 Å². The van der Waals surface area contributed by atoms with E-state index < -0.39 is 0 Å². The van der Waals surface area contributed by atoms with E-state index >= 15 is 0 Å². The van der Waals surface area contributed by atoms with Gasteiger partial charge in [-0.15, -0.1) is 0 Å². The topological polar surface area (TPSA) is 0 Å². The van der Waals surface area contributed by atoms with Gasteiger partial charge in [0.2, 0.25) is 0 Å². The molecule has 0 saturated heterocycles. The second-order valence-electron chi connectivity index (χ2n) is 3.82. The molecular formula is C14H12BrI. The van der Waals surface area contributed by atoms with E-state index in [-0.39, 0.29) is 4.83 Å². The third kappa shape index (κ3) is 2.86. The molecule has 0 aromatic heterocycles. The summed E-state index contributed by atoms with van der Waals surface area (Å²) in [4.78, 5) is 0.282. The van der Waals surface area contributed by atoms with Crippen LogP contribution in [0.3, 0.4) is 0 Å². The Kier molecular flexibility index (Phi) is 4.03. The lowest BCUT2D eigenvalue weighted by atomic mass is 10.0. The Bertz CT molecular complexity index is 414. The molecule has 0 aliphatic rings. The lowest BCUT2D eigenvalue weighted by Gasteiger charge is -2.11. The van der Waals surface area contributed by atoms with E-state index in [4.69, 9.17) is 0 Å². The summed E-state index contributed by atoms with van der Waals surface area (Å²) >= 11 is 6.06. The molecular weight excluding hydrogens is 375 g/mol. The fourth-order valence-corrected chi connectivity index (χ4v) is 2.53. The zero-order valence-electron chi connectivity index (χ0n) is 8.95. The normalized spacial score (nSPS) is 12.4. The minimum absolute atomic E-state index is 0.282. The second-order valence-corrected chi connectivity index (χ2v) is 5.99. The quantitative estimate of drug-likeness (QED) is 0.498. The van der Waals surface area contributed by atoms with Crippen molar-refractivity contribution in [1.29, 1.82) is 0 Å². The maximum atomic E-state index is 3.74. The average molecular weight is 387 g/mol. The van der Waals surface area contributed by atoms with Gasteiger partial charge in [0.05, 0.1) is 4.83 Å². The molecule has 0 bridgehead atoms. The van der Waals surface area contributed by atoms with Gasteiger partial charge in [0.25, 0.3) is 0 Å². The molecule has 0 aliphatic heterocycles. The summed E-state index contributed by atoms with van der Waals surface area (Å²) in [5.74, 6) is 0. The maximum Gasteiger partial charge on any atom is 0.0644 e. The number of benzene rings is 2. The van der Waals surface area contributed by atoms with Crippen LogP contribution in [0.1, 0.15) is 21.5 Å². The van der Waals surface area contributed by atoms with Crippen molar-refractivity contribution in [3.63, 3.8) is 0 Å². The third-order valence-electron chi connectivity index (χ3n) is 2.53. The van der Waals surface area contributed by atoms with Gasteiger partial charge >= 0.3 is 0 Å². The summed E-state index contributed by atoms with van der Waals surface area (Å²) in [5.41, 5.74) is 3.89. The lowest BCUT2D eigenvalue weighted by Crippen LogP contribution is -1.92. The molecule has 0 N–H and O–H groups in total. The summed E-state index contributed by atoms with van der Waals surface area (Å²) in [7, 11) is 0. The van der Waals surface area contributed by atoms with Crippen molar-refractivity contribution in [3.05, 3.63) is 68.8 Å². The Hall–Kier alpha value is -0.350. The summed E-state index contributed by atoms with van der Waals surface area (Å²) in [6, 6.07) is 17.3. The summed E-state index contributed by atoms with van der Waals surface area (Å²) in [6.07, 6.45) is 0. The molecule has 1 atom stereocenters. The van der Waals surface area contributed by atoms with Gasteiger partial charge in [-0.3, -0.25) is 0 Å². The minimum atomic E-state index is 0.282. The first kappa shape index (κ1) is 12.1. The van der Waals surface area contributed by atoms with Gasteiger partial charge < -0.3 is 0 Å². The fourth-order valence-electron chi connectivity index (χ4n) is 1.56. The third-order valence-corrected chi connectivity index (χ3v) is 4.31.